The normalized spacial score (nSPS) is 16.4. The van der Waals surface area contributed by atoms with Crippen LogP contribution in [0.25, 0.3) is 10.2 Å². The van der Waals surface area contributed by atoms with Gasteiger partial charge in [0.05, 0.1) is 11.9 Å². The third-order valence-electron chi connectivity index (χ3n) is 5.16. The Kier molecular flexibility index (Phi) is 4.13. The maximum Gasteiger partial charge on any atom is 0.231 e. The molecule has 2 aliphatic rings. The fourth-order valence-corrected chi connectivity index (χ4v) is 4.63. The molecule has 0 radical (unpaired) electrons. The average molecular weight is 383 g/mol. The minimum Gasteiger partial charge on any atom is -0.454 e. The number of fused-ring (bicyclic) bond motifs is 2. The largest absolute Gasteiger partial charge is 0.454 e. The maximum absolute atomic E-state index is 6.22. The van der Waals surface area contributed by atoms with Crippen molar-refractivity contribution in [2.45, 2.75) is 33.2 Å². The van der Waals surface area contributed by atoms with Gasteiger partial charge in [-0.25, -0.2) is 4.98 Å². The lowest BCUT2D eigenvalue weighted by Crippen LogP contribution is -2.20. The van der Waals surface area contributed by atoms with Crippen molar-refractivity contribution < 1.29 is 14.2 Å². The molecule has 140 valence electrons. The second-order valence-electron chi connectivity index (χ2n) is 7.01. The molecule has 6 nitrogen and oxygen atoms in total. The molecule has 0 amide bonds. The highest BCUT2D eigenvalue weighted by Crippen LogP contribution is 2.40. The highest BCUT2D eigenvalue weighted by Gasteiger charge is 2.20. The van der Waals surface area contributed by atoms with Crippen molar-refractivity contribution in [1.82, 2.24) is 14.9 Å². The molecule has 2 aromatic heterocycles. The van der Waals surface area contributed by atoms with E-state index in [1.807, 2.05) is 18.2 Å². The van der Waals surface area contributed by atoms with Crippen LogP contribution >= 0.6 is 11.3 Å². The Morgan fingerprint density at radius 1 is 1.11 bits per heavy atom. The minimum atomic E-state index is 0.249. The van der Waals surface area contributed by atoms with Gasteiger partial charge in [-0.3, -0.25) is 4.90 Å². The molecule has 27 heavy (non-hydrogen) atoms. The Balaban J connectivity index is 1.54. The van der Waals surface area contributed by atoms with E-state index in [2.05, 4.69) is 18.7 Å². The fourth-order valence-electron chi connectivity index (χ4n) is 3.59. The molecule has 0 saturated carbocycles. The molecule has 0 N–H and O–H groups in total. The predicted octanol–water partition coefficient (Wildman–Crippen LogP) is 4.42. The number of thiophene rings is 1. The molecule has 2 aliphatic heterocycles. The Labute approximate surface area is 161 Å². The number of hydrogen-bond donors (Lipinski definition) is 0. The number of aromatic nitrogens is 2. The zero-order valence-corrected chi connectivity index (χ0v) is 16.3. The summed E-state index contributed by atoms with van der Waals surface area (Å²) in [5.74, 6) is 3.58. The van der Waals surface area contributed by atoms with Crippen molar-refractivity contribution in [3.63, 3.8) is 0 Å². The first-order chi connectivity index (χ1) is 13.2. The maximum atomic E-state index is 6.22. The summed E-state index contributed by atoms with van der Waals surface area (Å²) in [5.41, 5.74) is 1.18. The van der Waals surface area contributed by atoms with E-state index in [9.17, 15) is 0 Å². The molecule has 1 aromatic carbocycles. The lowest BCUT2D eigenvalue weighted by Gasteiger charge is -2.14. The summed E-state index contributed by atoms with van der Waals surface area (Å²) in [6.45, 7) is 7.46. The molecule has 3 aromatic rings. The number of rotatable bonds is 4. The number of likely N-dealkylation sites (tertiary alicyclic amines) is 1. The highest BCUT2D eigenvalue weighted by molar-refractivity contribution is 7.18. The number of ether oxygens (including phenoxy) is 3. The van der Waals surface area contributed by atoms with E-state index in [-0.39, 0.29) is 6.79 Å². The van der Waals surface area contributed by atoms with Gasteiger partial charge in [0.25, 0.3) is 0 Å². The van der Waals surface area contributed by atoms with Gasteiger partial charge in [-0.2, -0.15) is 4.98 Å². The third-order valence-corrected chi connectivity index (χ3v) is 6.27. The molecular weight excluding hydrogens is 362 g/mol. The minimum absolute atomic E-state index is 0.249. The van der Waals surface area contributed by atoms with Crippen LogP contribution in [0.4, 0.5) is 0 Å². The van der Waals surface area contributed by atoms with Crippen LogP contribution in [0, 0.1) is 13.8 Å². The highest BCUT2D eigenvalue weighted by atomic mass is 32.1. The first kappa shape index (κ1) is 16.8. The predicted molar refractivity (Wildman–Crippen MR) is 104 cm³/mol. The molecule has 4 heterocycles. The lowest BCUT2D eigenvalue weighted by molar-refractivity contribution is 0.174. The van der Waals surface area contributed by atoms with Crippen molar-refractivity contribution in [2.75, 3.05) is 19.9 Å². The molecule has 0 spiro atoms. The Morgan fingerprint density at radius 3 is 2.78 bits per heavy atom. The first-order valence-electron chi connectivity index (χ1n) is 9.24. The van der Waals surface area contributed by atoms with Crippen molar-refractivity contribution in [1.29, 1.82) is 0 Å². The van der Waals surface area contributed by atoms with Gasteiger partial charge in [-0.1, -0.05) is 0 Å². The second kappa shape index (κ2) is 6.65. The number of benzene rings is 1. The van der Waals surface area contributed by atoms with Crippen LogP contribution in [0.2, 0.25) is 0 Å². The number of hydrogen-bond acceptors (Lipinski definition) is 7. The van der Waals surface area contributed by atoms with Crippen molar-refractivity contribution >= 4 is 21.6 Å². The third kappa shape index (κ3) is 3.11. The van der Waals surface area contributed by atoms with E-state index in [1.54, 1.807) is 11.3 Å². The summed E-state index contributed by atoms with van der Waals surface area (Å²) in [4.78, 5) is 14.2. The van der Waals surface area contributed by atoms with Crippen LogP contribution in [0.1, 0.15) is 29.1 Å². The topological polar surface area (TPSA) is 56.7 Å². The fraction of sp³-hybridized carbons (Fsp3) is 0.400. The van der Waals surface area contributed by atoms with Crippen LogP contribution in [0.3, 0.4) is 0 Å². The molecule has 0 bridgehead atoms. The van der Waals surface area contributed by atoms with Crippen LogP contribution in [0.15, 0.2) is 18.2 Å². The van der Waals surface area contributed by atoms with Gasteiger partial charge in [-0.05, 0) is 57.5 Å². The van der Waals surface area contributed by atoms with Gasteiger partial charge in [-0.15, -0.1) is 11.3 Å². The molecule has 0 unspecified atom stereocenters. The zero-order valence-electron chi connectivity index (χ0n) is 15.4. The van der Waals surface area contributed by atoms with Gasteiger partial charge in [0.2, 0.25) is 12.7 Å². The zero-order chi connectivity index (χ0) is 18.4. The molecular formula is C20H21N3O3S. The number of nitrogens with zero attached hydrogens (tertiary/aromatic N) is 3. The van der Waals surface area contributed by atoms with Gasteiger partial charge in [0.15, 0.2) is 11.5 Å². The van der Waals surface area contributed by atoms with Gasteiger partial charge in [0.1, 0.15) is 16.4 Å². The summed E-state index contributed by atoms with van der Waals surface area (Å²) in [5, 5.41) is 1.00. The monoisotopic (exact) mass is 383 g/mol. The van der Waals surface area contributed by atoms with E-state index >= 15 is 0 Å². The van der Waals surface area contributed by atoms with Crippen LogP contribution in [-0.2, 0) is 6.54 Å². The van der Waals surface area contributed by atoms with E-state index in [0.717, 1.165) is 41.4 Å². The van der Waals surface area contributed by atoms with Gasteiger partial charge < -0.3 is 14.2 Å². The van der Waals surface area contributed by atoms with Crippen LogP contribution < -0.4 is 14.2 Å². The summed E-state index contributed by atoms with van der Waals surface area (Å²) < 4.78 is 17.1. The van der Waals surface area contributed by atoms with Crippen LogP contribution in [-0.4, -0.2) is 34.8 Å². The standard InChI is InChI=1S/C20H21N3O3S/c1-12-13(2)27-20-18(12)19(21-17(22-20)10-23-7-3-4-8-23)26-14-5-6-15-16(9-14)25-11-24-15/h5-6,9H,3-4,7-8,10-11H2,1-2H3. The molecule has 1 saturated heterocycles. The molecule has 1 fully saturated rings. The van der Waals surface area contributed by atoms with E-state index in [4.69, 9.17) is 24.2 Å². The summed E-state index contributed by atoms with van der Waals surface area (Å²) in [6.07, 6.45) is 2.50. The Bertz CT molecular complexity index is 1010. The molecule has 7 heteroatoms. The van der Waals surface area contributed by atoms with Gasteiger partial charge in [0, 0.05) is 10.9 Å². The lowest BCUT2D eigenvalue weighted by atomic mass is 10.2. The van der Waals surface area contributed by atoms with E-state index in [0.29, 0.717) is 17.4 Å². The number of aryl methyl sites for hydroxylation is 2. The Morgan fingerprint density at radius 2 is 1.93 bits per heavy atom. The average Bonchev–Trinajstić information content (AvgIpc) is 3.37. The first-order valence-corrected chi connectivity index (χ1v) is 10.1. The summed E-state index contributed by atoms with van der Waals surface area (Å²) >= 11 is 1.70. The van der Waals surface area contributed by atoms with Crippen molar-refractivity contribution in [2.24, 2.45) is 0 Å². The quantitative estimate of drug-likeness (QED) is 0.664. The summed E-state index contributed by atoms with van der Waals surface area (Å²) in [6, 6.07) is 5.61. The van der Waals surface area contributed by atoms with E-state index < -0.39 is 0 Å². The molecule has 0 atom stereocenters. The second-order valence-corrected chi connectivity index (χ2v) is 8.21. The Hall–Kier alpha value is -2.38. The summed E-state index contributed by atoms with van der Waals surface area (Å²) in [7, 11) is 0. The van der Waals surface area contributed by atoms with E-state index in [1.165, 1.54) is 23.3 Å². The SMILES string of the molecule is Cc1sc2nc(CN3CCCC3)nc(Oc3ccc4c(c3)OCO4)c2c1C. The van der Waals surface area contributed by atoms with Crippen molar-refractivity contribution in [3.05, 3.63) is 34.5 Å². The smallest absolute Gasteiger partial charge is 0.231 e. The van der Waals surface area contributed by atoms with Gasteiger partial charge >= 0.3 is 0 Å². The molecule has 5 rings (SSSR count). The van der Waals surface area contributed by atoms with Crippen LogP contribution in [0.5, 0.6) is 23.1 Å². The molecule has 0 aliphatic carbocycles. The van der Waals surface area contributed by atoms with Crippen molar-refractivity contribution in [3.8, 4) is 23.1 Å².